The van der Waals surface area contributed by atoms with Crippen LogP contribution in [0, 0.1) is 0 Å². The maximum absolute atomic E-state index is 6.10. The summed E-state index contributed by atoms with van der Waals surface area (Å²) in [7, 11) is 0. The second kappa shape index (κ2) is 6.41. The molecule has 0 aromatic carbocycles. The highest BCUT2D eigenvalue weighted by molar-refractivity contribution is 7.16. The van der Waals surface area contributed by atoms with E-state index in [2.05, 4.69) is 20.6 Å². The number of hydrogen-bond acceptors (Lipinski definition) is 5. The van der Waals surface area contributed by atoms with E-state index in [1.807, 2.05) is 26.0 Å². The molecule has 19 heavy (non-hydrogen) atoms. The summed E-state index contributed by atoms with van der Waals surface area (Å²) in [4.78, 5) is 9.57. The van der Waals surface area contributed by atoms with Crippen LogP contribution >= 0.6 is 34.5 Å². The molecule has 4 nitrogen and oxygen atoms in total. The molecule has 0 radical (unpaired) electrons. The molecule has 0 fully saturated rings. The lowest BCUT2D eigenvalue weighted by Gasteiger charge is -2.14. The first kappa shape index (κ1) is 14.4. The SMILES string of the molecule is CCNc1ncc(Cl)c(NC(C)c2ccc(Cl)s2)n1. The normalized spacial score (nSPS) is 12.2. The zero-order chi connectivity index (χ0) is 13.8. The lowest BCUT2D eigenvalue weighted by atomic mass is 10.3. The Kier molecular flexibility index (Phi) is 4.85. The number of rotatable bonds is 5. The molecule has 2 aromatic rings. The Labute approximate surface area is 126 Å². The Morgan fingerprint density at radius 1 is 1.37 bits per heavy atom. The van der Waals surface area contributed by atoms with Crippen LogP contribution in [0.15, 0.2) is 18.3 Å². The quantitative estimate of drug-likeness (QED) is 0.855. The average molecular weight is 317 g/mol. The molecule has 0 aliphatic heterocycles. The van der Waals surface area contributed by atoms with Crippen molar-refractivity contribution < 1.29 is 0 Å². The van der Waals surface area contributed by atoms with Gasteiger partial charge in [-0.05, 0) is 26.0 Å². The van der Waals surface area contributed by atoms with Crippen LogP contribution in [0.1, 0.15) is 24.8 Å². The van der Waals surface area contributed by atoms with Gasteiger partial charge in [-0.15, -0.1) is 11.3 Å². The molecule has 0 aliphatic rings. The summed E-state index contributed by atoms with van der Waals surface area (Å²) in [6.07, 6.45) is 1.59. The summed E-state index contributed by atoms with van der Waals surface area (Å²) in [5.74, 6) is 1.18. The molecule has 7 heteroatoms. The van der Waals surface area contributed by atoms with E-state index in [1.54, 1.807) is 6.20 Å². The van der Waals surface area contributed by atoms with Gasteiger partial charge in [-0.25, -0.2) is 4.98 Å². The monoisotopic (exact) mass is 316 g/mol. The minimum absolute atomic E-state index is 0.0828. The molecule has 0 bridgehead atoms. The highest BCUT2D eigenvalue weighted by Crippen LogP contribution is 2.30. The van der Waals surface area contributed by atoms with E-state index in [9.17, 15) is 0 Å². The smallest absolute Gasteiger partial charge is 0.224 e. The summed E-state index contributed by atoms with van der Waals surface area (Å²) in [5.41, 5.74) is 0. The number of thiophene rings is 1. The van der Waals surface area contributed by atoms with Crippen LogP contribution in [-0.2, 0) is 0 Å². The van der Waals surface area contributed by atoms with Crippen LogP contribution in [0.4, 0.5) is 11.8 Å². The molecule has 0 saturated heterocycles. The molecule has 0 amide bonds. The summed E-state index contributed by atoms with van der Waals surface area (Å²) in [6, 6.07) is 3.95. The van der Waals surface area contributed by atoms with Crippen LogP contribution in [0.5, 0.6) is 0 Å². The van der Waals surface area contributed by atoms with Crippen molar-refractivity contribution in [1.29, 1.82) is 0 Å². The Morgan fingerprint density at radius 2 is 2.16 bits per heavy atom. The Balaban J connectivity index is 2.15. The molecule has 2 rings (SSSR count). The molecule has 0 spiro atoms. The molecule has 0 aliphatic carbocycles. The van der Waals surface area contributed by atoms with E-state index in [-0.39, 0.29) is 6.04 Å². The maximum atomic E-state index is 6.10. The van der Waals surface area contributed by atoms with Crippen molar-refractivity contribution in [3.63, 3.8) is 0 Å². The van der Waals surface area contributed by atoms with Crippen molar-refractivity contribution in [1.82, 2.24) is 9.97 Å². The van der Waals surface area contributed by atoms with Crippen molar-refractivity contribution in [2.75, 3.05) is 17.2 Å². The fourth-order valence-electron chi connectivity index (χ4n) is 1.55. The average Bonchev–Trinajstić information content (AvgIpc) is 2.80. The third kappa shape index (κ3) is 3.72. The van der Waals surface area contributed by atoms with Crippen LogP contribution in [0.3, 0.4) is 0 Å². The number of halogens is 2. The zero-order valence-electron chi connectivity index (χ0n) is 10.6. The van der Waals surface area contributed by atoms with Crippen LogP contribution in [0.25, 0.3) is 0 Å². The highest BCUT2D eigenvalue weighted by Gasteiger charge is 2.12. The van der Waals surface area contributed by atoms with Crippen molar-refractivity contribution >= 4 is 46.3 Å². The summed E-state index contributed by atoms with van der Waals surface area (Å²) >= 11 is 13.6. The van der Waals surface area contributed by atoms with Gasteiger partial charge >= 0.3 is 0 Å². The van der Waals surface area contributed by atoms with Crippen LogP contribution in [-0.4, -0.2) is 16.5 Å². The van der Waals surface area contributed by atoms with Gasteiger partial charge in [0.1, 0.15) is 5.02 Å². The van der Waals surface area contributed by atoms with E-state index in [1.165, 1.54) is 11.3 Å². The Hall–Kier alpha value is -1.04. The second-order valence-electron chi connectivity index (χ2n) is 3.93. The molecule has 2 N–H and O–H groups in total. The third-order valence-electron chi connectivity index (χ3n) is 2.45. The van der Waals surface area contributed by atoms with Gasteiger partial charge in [-0.3, -0.25) is 0 Å². The van der Waals surface area contributed by atoms with Gasteiger partial charge in [0.15, 0.2) is 5.82 Å². The zero-order valence-corrected chi connectivity index (χ0v) is 12.9. The number of nitrogens with zero attached hydrogens (tertiary/aromatic N) is 2. The van der Waals surface area contributed by atoms with Gasteiger partial charge in [-0.1, -0.05) is 23.2 Å². The minimum Gasteiger partial charge on any atom is -0.361 e. The Bertz CT molecular complexity index is 558. The molecule has 102 valence electrons. The van der Waals surface area contributed by atoms with E-state index in [0.717, 1.165) is 15.8 Å². The van der Waals surface area contributed by atoms with Crippen molar-refractivity contribution in [2.24, 2.45) is 0 Å². The van der Waals surface area contributed by atoms with Crippen molar-refractivity contribution in [3.8, 4) is 0 Å². The number of hydrogen-bond donors (Lipinski definition) is 2. The lowest BCUT2D eigenvalue weighted by molar-refractivity contribution is 0.893. The topological polar surface area (TPSA) is 49.8 Å². The summed E-state index contributed by atoms with van der Waals surface area (Å²) < 4.78 is 0.769. The predicted octanol–water partition coefficient (Wildman–Crippen LogP) is 4.45. The fraction of sp³-hybridized carbons (Fsp3) is 0.333. The van der Waals surface area contributed by atoms with Gasteiger partial charge in [0.25, 0.3) is 0 Å². The first-order valence-corrected chi connectivity index (χ1v) is 7.45. The molecule has 0 saturated carbocycles. The summed E-state index contributed by atoms with van der Waals surface area (Å²) in [5, 5.41) is 6.82. The molecular formula is C12H14Cl2N4S. The summed E-state index contributed by atoms with van der Waals surface area (Å²) in [6.45, 7) is 4.78. The first-order chi connectivity index (χ1) is 9.10. The van der Waals surface area contributed by atoms with E-state index in [0.29, 0.717) is 16.8 Å². The molecule has 1 unspecified atom stereocenters. The van der Waals surface area contributed by atoms with Gasteiger partial charge < -0.3 is 10.6 Å². The molecule has 1 atom stereocenters. The van der Waals surface area contributed by atoms with Crippen LogP contribution < -0.4 is 10.6 Å². The van der Waals surface area contributed by atoms with E-state index in [4.69, 9.17) is 23.2 Å². The fourth-order valence-corrected chi connectivity index (χ4v) is 2.76. The first-order valence-electron chi connectivity index (χ1n) is 5.88. The van der Waals surface area contributed by atoms with Gasteiger partial charge in [0.2, 0.25) is 5.95 Å². The largest absolute Gasteiger partial charge is 0.361 e. The predicted molar refractivity (Wildman–Crippen MR) is 82.6 cm³/mol. The highest BCUT2D eigenvalue weighted by atomic mass is 35.5. The lowest BCUT2D eigenvalue weighted by Crippen LogP contribution is -2.09. The van der Waals surface area contributed by atoms with Crippen LogP contribution in [0.2, 0.25) is 9.36 Å². The van der Waals surface area contributed by atoms with Crippen molar-refractivity contribution in [2.45, 2.75) is 19.9 Å². The standard InChI is InChI=1S/C12H14Cl2N4S/c1-3-15-12-16-6-8(13)11(18-12)17-7(2)9-4-5-10(14)19-9/h4-7H,3H2,1-2H3,(H2,15,16,17,18). The van der Waals surface area contributed by atoms with Gasteiger partial charge in [0.05, 0.1) is 16.6 Å². The number of nitrogens with one attached hydrogen (secondary N) is 2. The van der Waals surface area contributed by atoms with Gasteiger partial charge in [-0.2, -0.15) is 4.98 Å². The Morgan fingerprint density at radius 3 is 2.79 bits per heavy atom. The molecule has 2 aromatic heterocycles. The number of anilines is 2. The van der Waals surface area contributed by atoms with E-state index < -0.39 is 0 Å². The third-order valence-corrected chi connectivity index (χ3v) is 4.14. The molecular weight excluding hydrogens is 303 g/mol. The van der Waals surface area contributed by atoms with E-state index >= 15 is 0 Å². The molecule has 2 heterocycles. The second-order valence-corrected chi connectivity index (χ2v) is 6.08. The van der Waals surface area contributed by atoms with Crippen molar-refractivity contribution in [3.05, 3.63) is 32.6 Å². The maximum Gasteiger partial charge on any atom is 0.224 e. The van der Waals surface area contributed by atoms with Gasteiger partial charge in [0, 0.05) is 11.4 Å². The minimum atomic E-state index is 0.0828. The number of aromatic nitrogens is 2.